The van der Waals surface area contributed by atoms with Crippen molar-refractivity contribution in [3.63, 3.8) is 0 Å². The van der Waals surface area contributed by atoms with Gasteiger partial charge in [0.1, 0.15) is 10.6 Å². The van der Waals surface area contributed by atoms with Gasteiger partial charge in [-0.1, -0.05) is 30.3 Å². The van der Waals surface area contributed by atoms with E-state index in [0.29, 0.717) is 13.1 Å². The maximum atomic E-state index is 12.5. The van der Waals surface area contributed by atoms with Gasteiger partial charge >= 0.3 is 5.97 Å². The number of esters is 1. The molecule has 0 heterocycles. The number of hydrogen-bond acceptors (Lipinski definition) is 6. The van der Waals surface area contributed by atoms with Crippen molar-refractivity contribution in [2.24, 2.45) is 0 Å². The van der Waals surface area contributed by atoms with Gasteiger partial charge in [-0.15, -0.1) is 0 Å². The Morgan fingerprint density at radius 1 is 1.03 bits per heavy atom. The molecule has 0 aliphatic rings. The lowest BCUT2D eigenvalue weighted by atomic mass is 10.2. The third kappa shape index (κ3) is 5.58. The molecule has 2 aromatic carbocycles. The summed E-state index contributed by atoms with van der Waals surface area (Å²) in [5.41, 5.74) is 0.975. The van der Waals surface area contributed by atoms with Crippen LogP contribution in [0.5, 0.6) is 5.75 Å². The van der Waals surface area contributed by atoms with Crippen LogP contribution in [-0.4, -0.2) is 63.9 Å². The average molecular weight is 435 g/mol. The molecule has 1 amide bonds. The van der Waals surface area contributed by atoms with Gasteiger partial charge in [0.2, 0.25) is 10.0 Å². The van der Waals surface area contributed by atoms with Crippen LogP contribution in [0.3, 0.4) is 0 Å². The topological polar surface area (TPSA) is 93.2 Å². The van der Waals surface area contributed by atoms with Gasteiger partial charge in [0.15, 0.2) is 6.61 Å². The van der Waals surface area contributed by atoms with E-state index in [1.165, 1.54) is 39.4 Å². The average Bonchev–Trinajstić information content (AvgIpc) is 2.75. The van der Waals surface area contributed by atoms with Gasteiger partial charge in [0.05, 0.1) is 12.7 Å². The molecule has 9 heteroatoms. The maximum absolute atomic E-state index is 12.5. The van der Waals surface area contributed by atoms with Crippen molar-refractivity contribution >= 4 is 21.9 Å². The zero-order valence-corrected chi connectivity index (χ0v) is 18.3. The van der Waals surface area contributed by atoms with E-state index in [1.54, 1.807) is 4.90 Å². The van der Waals surface area contributed by atoms with Crippen molar-refractivity contribution in [2.75, 3.05) is 34.4 Å². The van der Waals surface area contributed by atoms with Crippen LogP contribution in [0.1, 0.15) is 22.8 Å². The number of hydrogen-bond donors (Lipinski definition) is 0. The van der Waals surface area contributed by atoms with Crippen molar-refractivity contribution in [1.29, 1.82) is 0 Å². The molecule has 0 aromatic heterocycles. The van der Waals surface area contributed by atoms with Crippen LogP contribution >= 0.6 is 0 Å². The van der Waals surface area contributed by atoms with E-state index in [2.05, 4.69) is 0 Å². The van der Waals surface area contributed by atoms with Crippen molar-refractivity contribution in [1.82, 2.24) is 9.21 Å². The predicted molar refractivity (Wildman–Crippen MR) is 112 cm³/mol. The SMILES string of the molecule is CCN(Cc1ccccc1)C(=O)COC(=O)c1ccc(OC)c(S(=O)(=O)N(C)C)c1. The predicted octanol–water partition coefficient (Wildman–Crippen LogP) is 2.15. The molecule has 0 fully saturated rings. The number of nitrogens with zero attached hydrogens (tertiary/aromatic N) is 2. The van der Waals surface area contributed by atoms with E-state index in [0.717, 1.165) is 9.87 Å². The highest BCUT2D eigenvalue weighted by Crippen LogP contribution is 2.27. The zero-order valence-electron chi connectivity index (χ0n) is 17.5. The molecule has 30 heavy (non-hydrogen) atoms. The largest absolute Gasteiger partial charge is 0.495 e. The fourth-order valence-corrected chi connectivity index (χ4v) is 3.76. The van der Waals surface area contributed by atoms with Gasteiger partial charge in [-0.3, -0.25) is 4.79 Å². The van der Waals surface area contributed by atoms with Crippen LogP contribution in [-0.2, 0) is 26.1 Å². The number of rotatable bonds is 9. The first-order valence-corrected chi connectivity index (χ1v) is 10.7. The lowest BCUT2D eigenvalue weighted by Crippen LogP contribution is -2.34. The second-order valence-electron chi connectivity index (χ2n) is 6.62. The number of ether oxygens (including phenoxy) is 2. The quantitative estimate of drug-likeness (QED) is 0.562. The lowest BCUT2D eigenvalue weighted by Gasteiger charge is -2.21. The van der Waals surface area contributed by atoms with Crippen LogP contribution in [0.2, 0.25) is 0 Å². The summed E-state index contributed by atoms with van der Waals surface area (Å²) in [6, 6.07) is 13.4. The number of benzene rings is 2. The molecule has 8 nitrogen and oxygen atoms in total. The monoisotopic (exact) mass is 434 g/mol. The lowest BCUT2D eigenvalue weighted by molar-refractivity contribution is -0.134. The molecule has 0 unspecified atom stereocenters. The normalized spacial score (nSPS) is 11.2. The van der Waals surface area contributed by atoms with Gasteiger partial charge in [-0.2, -0.15) is 0 Å². The summed E-state index contributed by atoms with van der Waals surface area (Å²) >= 11 is 0. The first-order valence-electron chi connectivity index (χ1n) is 9.30. The van der Waals surface area contributed by atoms with Gasteiger partial charge in [0, 0.05) is 27.2 Å². The fourth-order valence-electron chi connectivity index (χ4n) is 2.68. The van der Waals surface area contributed by atoms with Crippen LogP contribution in [0.4, 0.5) is 0 Å². The molecule has 2 aromatic rings. The summed E-state index contributed by atoms with van der Waals surface area (Å²) in [6.07, 6.45) is 0. The van der Waals surface area contributed by atoms with Crippen molar-refractivity contribution < 1.29 is 27.5 Å². The minimum Gasteiger partial charge on any atom is -0.495 e. The van der Waals surface area contributed by atoms with Crippen molar-refractivity contribution in [2.45, 2.75) is 18.4 Å². The molecule has 162 valence electrons. The third-order valence-electron chi connectivity index (χ3n) is 4.44. The van der Waals surface area contributed by atoms with E-state index in [4.69, 9.17) is 9.47 Å². The fraction of sp³-hybridized carbons (Fsp3) is 0.333. The number of carbonyl (C=O) groups is 2. The number of carbonyl (C=O) groups excluding carboxylic acids is 2. The Morgan fingerprint density at radius 3 is 2.27 bits per heavy atom. The number of methoxy groups -OCH3 is 1. The highest BCUT2D eigenvalue weighted by Gasteiger charge is 2.24. The summed E-state index contributed by atoms with van der Waals surface area (Å²) in [5.74, 6) is -1.03. The third-order valence-corrected chi connectivity index (χ3v) is 6.27. The highest BCUT2D eigenvalue weighted by atomic mass is 32.2. The summed E-state index contributed by atoms with van der Waals surface area (Å²) in [4.78, 5) is 26.3. The smallest absolute Gasteiger partial charge is 0.338 e. The summed E-state index contributed by atoms with van der Waals surface area (Å²) in [7, 11) is 0.265. The molecule has 0 saturated carbocycles. The second kappa shape index (κ2) is 10.2. The van der Waals surface area contributed by atoms with E-state index < -0.39 is 22.6 Å². The zero-order chi connectivity index (χ0) is 22.3. The molecule has 0 radical (unpaired) electrons. The van der Waals surface area contributed by atoms with Crippen molar-refractivity contribution in [3.05, 3.63) is 59.7 Å². The van der Waals surface area contributed by atoms with E-state index in [1.807, 2.05) is 37.3 Å². The van der Waals surface area contributed by atoms with E-state index >= 15 is 0 Å². The molecule has 0 bridgehead atoms. The molecule has 0 N–H and O–H groups in total. The Bertz CT molecular complexity index is 990. The van der Waals surface area contributed by atoms with Gasteiger partial charge < -0.3 is 14.4 Å². The Morgan fingerprint density at radius 2 is 1.70 bits per heavy atom. The summed E-state index contributed by atoms with van der Waals surface area (Å²) in [5, 5.41) is 0. The van der Waals surface area contributed by atoms with Crippen LogP contribution in [0.15, 0.2) is 53.4 Å². The summed E-state index contributed by atoms with van der Waals surface area (Å²) in [6.45, 7) is 2.26. The first-order chi connectivity index (χ1) is 14.2. The Balaban J connectivity index is 2.11. The van der Waals surface area contributed by atoms with Crippen LogP contribution < -0.4 is 4.74 Å². The Hall–Kier alpha value is -2.91. The van der Waals surface area contributed by atoms with Crippen LogP contribution in [0, 0.1) is 0 Å². The van der Waals surface area contributed by atoms with Gasteiger partial charge in [-0.25, -0.2) is 17.5 Å². The van der Waals surface area contributed by atoms with E-state index in [9.17, 15) is 18.0 Å². The van der Waals surface area contributed by atoms with Crippen LogP contribution in [0.25, 0.3) is 0 Å². The number of amides is 1. The molecule has 0 aliphatic carbocycles. The molecule has 0 atom stereocenters. The first kappa shape index (κ1) is 23.4. The Labute approximate surface area is 177 Å². The molecule has 0 saturated heterocycles. The van der Waals surface area contributed by atoms with Crippen molar-refractivity contribution in [3.8, 4) is 5.75 Å². The second-order valence-corrected chi connectivity index (χ2v) is 8.74. The molecule has 0 spiro atoms. The number of sulfonamides is 1. The minimum atomic E-state index is -3.83. The van der Waals surface area contributed by atoms with Gasteiger partial charge in [-0.05, 0) is 30.7 Å². The standard InChI is InChI=1S/C21H26N2O6S/c1-5-23(14-16-9-7-6-8-10-16)20(24)15-29-21(25)17-11-12-18(28-4)19(13-17)30(26,27)22(2)3/h6-13H,5,14-15H2,1-4H3. The highest BCUT2D eigenvalue weighted by molar-refractivity contribution is 7.89. The Kier molecular flexibility index (Phi) is 7.96. The molecular formula is C21H26N2O6S. The molecule has 2 rings (SSSR count). The molecule has 0 aliphatic heterocycles. The maximum Gasteiger partial charge on any atom is 0.338 e. The van der Waals surface area contributed by atoms with Gasteiger partial charge in [0.25, 0.3) is 5.91 Å². The molecular weight excluding hydrogens is 408 g/mol. The van der Waals surface area contributed by atoms with E-state index in [-0.39, 0.29) is 22.1 Å². The number of likely N-dealkylation sites (N-methyl/N-ethyl adjacent to an activating group) is 1. The summed E-state index contributed by atoms with van der Waals surface area (Å²) < 4.78 is 36.2. The minimum absolute atomic E-state index is 0.00938.